The normalized spacial score (nSPS) is 13.7. The monoisotopic (exact) mass is 238 g/mol. The van der Waals surface area contributed by atoms with Crippen LogP contribution < -0.4 is 0 Å². The van der Waals surface area contributed by atoms with E-state index in [9.17, 15) is 4.79 Å². The average Bonchev–Trinajstić information content (AvgIpc) is 2.23. The second-order valence-electron chi connectivity index (χ2n) is 2.01. The molecule has 1 aliphatic heterocycles. The van der Waals surface area contributed by atoms with Crippen molar-refractivity contribution in [3.8, 4) is 0 Å². The molecule has 1 aliphatic rings. The summed E-state index contributed by atoms with van der Waals surface area (Å²) in [6, 6.07) is 0. The first-order valence-corrected chi connectivity index (χ1v) is 4.27. The summed E-state index contributed by atoms with van der Waals surface area (Å²) in [7, 11) is 0. The van der Waals surface area contributed by atoms with Crippen LogP contribution in [0.4, 0.5) is 0 Å². The summed E-state index contributed by atoms with van der Waals surface area (Å²) < 4.78 is 0. The van der Waals surface area contributed by atoms with Crippen LogP contribution >= 0.6 is 24.4 Å². The van der Waals surface area contributed by atoms with Crippen LogP contribution in [-0.2, 0) is 4.79 Å². The zero-order chi connectivity index (χ0) is 11.1. The first kappa shape index (κ1) is 11.2. The molecule has 74 valence electrons. The van der Waals surface area contributed by atoms with Gasteiger partial charge in [0, 0.05) is 0 Å². The Labute approximate surface area is 94.6 Å². The third-order valence-electron chi connectivity index (χ3n) is 1.23. The van der Waals surface area contributed by atoms with Crippen LogP contribution in [0.25, 0.3) is 0 Å². The zero-order valence-corrected chi connectivity index (χ0v) is 8.75. The van der Waals surface area contributed by atoms with E-state index in [4.69, 9.17) is 0 Å². The molecule has 0 aromatic heterocycles. The maximum atomic E-state index is 10.1. The molecule has 0 aliphatic carbocycles. The second kappa shape index (κ2) is 5.77. The Balaban J connectivity index is 3.06. The maximum Gasteiger partial charge on any atom is 0.261 e. The van der Waals surface area contributed by atoms with Crippen molar-refractivity contribution in [2.24, 2.45) is 25.1 Å². The van der Waals surface area contributed by atoms with E-state index >= 15 is 0 Å². The zero-order valence-electron chi connectivity index (χ0n) is 7.12. The summed E-state index contributed by atoms with van der Waals surface area (Å²) >= 11 is 8.79. The Hall–Kier alpha value is -1.88. The third kappa shape index (κ3) is 3.07. The van der Waals surface area contributed by atoms with Crippen LogP contribution in [0.2, 0.25) is 0 Å². The molecule has 0 N–H and O–H groups in total. The molecule has 7 nitrogen and oxygen atoms in total. The summed E-state index contributed by atoms with van der Waals surface area (Å²) in [6.07, 6.45) is 1.33. The summed E-state index contributed by atoms with van der Waals surface area (Å²) in [4.78, 5) is 24.8. The van der Waals surface area contributed by atoms with Crippen LogP contribution in [0.15, 0.2) is 25.1 Å². The molecular formula is C6H2N6OS2. The maximum absolute atomic E-state index is 10.1. The molecule has 0 amide bonds. The average molecular weight is 238 g/mol. The molecule has 9 heteroatoms. The van der Waals surface area contributed by atoms with E-state index in [2.05, 4.69) is 59.8 Å². The van der Waals surface area contributed by atoms with Crippen molar-refractivity contribution >= 4 is 52.8 Å². The van der Waals surface area contributed by atoms with Gasteiger partial charge in [0.1, 0.15) is 6.67 Å². The minimum absolute atomic E-state index is 0.0322. The smallest absolute Gasteiger partial charge is 0.225 e. The van der Waals surface area contributed by atoms with Crippen molar-refractivity contribution in [3.05, 3.63) is 0 Å². The van der Waals surface area contributed by atoms with Crippen molar-refractivity contribution in [2.75, 3.05) is 6.67 Å². The van der Waals surface area contributed by atoms with Crippen LogP contribution in [0.1, 0.15) is 0 Å². The lowest BCUT2D eigenvalue weighted by atomic mass is 10.7. The molecule has 1 heterocycles. The molecule has 0 aromatic rings. The van der Waals surface area contributed by atoms with E-state index in [1.165, 1.54) is 6.08 Å². The lowest BCUT2D eigenvalue weighted by Gasteiger charge is -2.15. The summed E-state index contributed by atoms with van der Waals surface area (Å²) in [6.45, 7) is 0.0322. The van der Waals surface area contributed by atoms with Gasteiger partial charge in [-0.15, -0.1) is 0 Å². The van der Waals surface area contributed by atoms with Crippen LogP contribution in [0.3, 0.4) is 0 Å². The van der Waals surface area contributed by atoms with Crippen LogP contribution in [-0.4, -0.2) is 40.0 Å². The van der Waals surface area contributed by atoms with Gasteiger partial charge in [-0.05, 0) is 24.4 Å². The van der Waals surface area contributed by atoms with E-state index in [0.29, 0.717) is 0 Å². The van der Waals surface area contributed by atoms with Crippen molar-refractivity contribution in [2.45, 2.75) is 0 Å². The number of rotatable bonds is 1. The molecule has 0 saturated heterocycles. The predicted molar refractivity (Wildman–Crippen MR) is 59.7 cm³/mol. The van der Waals surface area contributed by atoms with Gasteiger partial charge < -0.3 is 0 Å². The third-order valence-corrected chi connectivity index (χ3v) is 1.41. The number of nitrogens with zero attached hydrogens (tertiary/aromatic N) is 6. The van der Waals surface area contributed by atoms with E-state index in [1.54, 1.807) is 0 Å². The lowest BCUT2D eigenvalue weighted by Crippen LogP contribution is -2.29. The minimum Gasteiger partial charge on any atom is -0.225 e. The number of thiocarbonyl (C=S) groups is 2. The van der Waals surface area contributed by atoms with Gasteiger partial charge in [-0.1, -0.05) is 5.10 Å². The largest absolute Gasteiger partial charge is 0.261 e. The van der Waals surface area contributed by atoms with Gasteiger partial charge in [-0.25, -0.2) is 9.79 Å². The number of aliphatic imine (C=N–C) groups is 4. The molecule has 15 heavy (non-hydrogen) atoms. The lowest BCUT2D eigenvalue weighted by molar-refractivity contribution is 0.439. The first-order chi connectivity index (χ1) is 7.31. The van der Waals surface area contributed by atoms with Gasteiger partial charge in [0.2, 0.25) is 0 Å². The Kier molecular flexibility index (Phi) is 4.30. The predicted octanol–water partition coefficient (Wildman–Crippen LogP) is 0.428. The van der Waals surface area contributed by atoms with E-state index in [0.717, 1.165) is 5.01 Å². The number of guanidine groups is 2. The molecule has 0 saturated carbocycles. The molecule has 1 rings (SSSR count). The Morgan fingerprint density at radius 2 is 2.07 bits per heavy atom. The highest BCUT2D eigenvalue weighted by Crippen LogP contribution is 2.03. The van der Waals surface area contributed by atoms with Gasteiger partial charge in [0.25, 0.3) is 18.0 Å². The SMILES string of the molecule is O=C=NN1CN=C(N=C=S)N=C1N=C=S. The van der Waals surface area contributed by atoms with Gasteiger partial charge in [0.15, 0.2) is 0 Å². The highest BCUT2D eigenvalue weighted by Gasteiger charge is 2.15. The van der Waals surface area contributed by atoms with Crippen molar-refractivity contribution in [1.29, 1.82) is 0 Å². The molecular weight excluding hydrogens is 236 g/mol. The quantitative estimate of drug-likeness (QED) is 0.377. The highest BCUT2D eigenvalue weighted by molar-refractivity contribution is 7.78. The van der Waals surface area contributed by atoms with Gasteiger partial charge in [-0.2, -0.15) is 20.0 Å². The first-order valence-electron chi connectivity index (χ1n) is 3.46. The van der Waals surface area contributed by atoms with Crippen LogP contribution in [0, 0.1) is 0 Å². The Bertz CT molecular complexity index is 464. The number of isothiocyanates is 2. The van der Waals surface area contributed by atoms with Crippen molar-refractivity contribution < 1.29 is 4.79 Å². The van der Waals surface area contributed by atoms with E-state index < -0.39 is 0 Å². The molecule has 0 spiro atoms. The fourth-order valence-corrected chi connectivity index (χ4v) is 0.890. The number of carbonyl (C=O) groups excluding carboxylic acids is 1. The summed E-state index contributed by atoms with van der Waals surface area (Å²) in [5.74, 6) is 0.138. The number of isocyanates is 1. The number of hydrogen-bond donors (Lipinski definition) is 0. The second-order valence-corrected chi connectivity index (χ2v) is 2.37. The van der Waals surface area contributed by atoms with E-state index in [1.807, 2.05) is 0 Å². The van der Waals surface area contributed by atoms with Gasteiger partial charge >= 0.3 is 0 Å². The Morgan fingerprint density at radius 1 is 1.33 bits per heavy atom. The Morgan fingerprint density at radius 3 is 2.67 bits per heavy atom. The summed E-state index contributed by atoms with van der Waals surface area (Å²) in [5, 5.41) is 8.59. The van der Waals surface area contributed by atoms with Crippen LogP contribution in [0.5, 0.6) is 0 Å². The fourth-order valence-electron chi connectivity index (χ4n) is 0.726. The van der Waals surface area contributed by atoms with Gasteiger partial charge in [-0.3, -0.25) is 0 Å². The molecule has 0 unspecified atom stereocenters. The van der Waals surface area contributed by atoms with Crippen molar-refractivity contribution in [3.63, 3.8) is 0 Å². The van der Waals surface area contributed by atoms with E-state index in [-0.39, 0.29) is 18.6 Å². The van der Waals surface area contributed by atoms with Gasteiger partial charge in [0.05, 0.1) is 10.3 Å². The molecule has 0 radical (unpaired) electrons. The molecule has 0 atom stereocenters. The number of hydrogen-bond acceptors (Lipinski definition) is 9. The number of hydrazone groups is 1. The molecule has 0 aromatic carbocycles. The van der Waals surface area contributed by atoms with Crippen molar-refractivity contribution in [1.82, 2.24) is 5.01 Å². The standard InChI is InChI=1S/C6H2N6OS2/c13-2-10-12-1-7-5(8-3-14)11-6(12)9-4-15/h1H2. The fraction of sp³-hybridized carbons (Fsp3) is 0.167. The highest BCUT2D eigenvalue weighted by atomic mass is 32.1. The molecule has 0 fully saturated rings. The summed E-state index contributed by atoms with van der Waals surface area (Å²) in [5.41, 5.74) is 0. The topological polar surface area (TPSA) is 82.1 Å². The minimum atomic E-state index is 0.0322. The molecule has 0 bridgehead atoms.